The fourth-order valence-corrected chi connectivity index (χ4v) is 10.4. The molecule has 6 aliphatic rings. The van der Waals surface area contributed by atoms with Gasteiger partial charge in [-0.1, -0.05) is 25.0 Å². The number of ether oxygens (including phenoxy) is 4. The molecular formula is C48H60N6O6. The summed E-state index contributed by atoms with van der Waals surface area (Å²) >= 11 is 0. The zero-order chi connectivity index (χ0) is 41.6. The Hall–Kier alpha value is -5.20. The van der Waals surface area contributed by atoms with E-state index in [2.05, 4.69) is 55.7 Å². The number of unbranched alkanes of at least 4 members (excludes halogenated alkanes) is 3. The average molecular weight is 817 g/mol. The third-order valence-corrected chi connectivity index (χ3v) is 13.7. The van der Waals surface area contributed by atoms with Crippen LogP contribution in [0, 0.1) is 23.7 Å². The lowest BCUT2D eigenvalue weighted by molar-refractivity contribution is -0.0499. The zero-order valence-electron chi connectivity index (χ0n) is 35.1. The average Bonchev–Trinajstić information content (AvgIpc) is 3.30. The van der Waals surface area contributed by atoms with Crippen molar-refractivity contribution in [2.24, 2.45) is 23.7 Å². The van der Waals surface area contributed by atoms with Gasteiger partial charge in [0.15, 0.2) is 0 Å². The van der Waals surface area contributed by atoms with Gasteiger partial charge in [0.2, 0.25) is 0 Å². The first-order valence-corrected chi connectivity index (χ1v) is 21.8. The highest BCUT2D eigenvalue weighted by atomic mass is 16.6. The van der Waals surface area contributed by atoms with E-state index in [0.717, 1.165) is 122 Å². The molecular weight excluding hydrogens is 757 g/mol. The summed E-state index contributed by atoms with van der Waals surface area (Å²) in [6.45, 7) is 13.0. The molecule has 4 bridgehead atoms. The number of hydrogen-bond acceptors (Lipinski definition) is 10. The Kier molecular flexibility index (Phi) is 13.2. The van der Waals surface area contributed by atoms with Crippen LogP contribution < -0.4 is 20.1 Å². The molecule has 0 spiro atoms. The van der Waals surface area contributed by atoms with E-state index in [0.29, 0.717) is 36.8 Å². The number of aromatic nitrogens is 2. The van der Waals surface area contributed by atoms with Crippen LogP contribution in [0.5, 0.6) is 11.5 Å². The van der Waals surface area contributed by atoms with Crippen LogP contribution in [0.3, 0.4) is 0 Å². The van der Waals surface area contributed by atoms with Crippen LogP contribution in [0.1, 0.15) is 74.7 Å². The molecule has 0 radical (unpaired) electrons. The van der Waals surface area contributed by atoms with E-state index in [4.69, 9.17) is 18.9 Å². The molecule has 2 aromatic carbocycles. The SMILES string of the molecule is C=C[C@H]1CN2CC[C@H]1C[C@@H]2[C@@H](OC(=O)NCCCCCCNC(=O)O[C@@H](c1ccnc2ccc(OC)cc12)[C@H]1C[C@@H]2CCN1C[C@@H]2C=C)c1ccnc2ccc(OC)cc12. The lowest BCUT2D eigenvalue weighted by Gasteiger charge is -2.51. The van der Waals surface area contributed by atoms with Gasteiger partial charge in [-0.3, -0.25) is 19.8 Å². The van der Waals surface area contributed by atoms with E-state index in [-0.39, 0.29) is 12.1 Å². The standard InChI is InChI=1S/C48H60N6O6/c1-5-31-29-53-23-17-33(31)25-43(53)45(37-15-21-49-41-13-11-35(57-3)27-39(37)41)59-47(55)51-19-9-7-8-10-20-52-48(56)60-46(44-26-34-18-24-54(44)30-32(34)6-2)38-16-22-50-42-14-12-36(58-4)28-40(38)42/h5-6,11-16,21-22,27-28,31-34,43-46H,1-2,7-10,17-20,23-26,29-30H2,3-4H3,(H,51,55)(H,52,56)/t31-,32-,33-,34-,43+,44+,45-,46-/m0/s1. The Morgan fingerprint density at radius 2 is 1.15 bits per heavy atom. The van der Waals surface area contributed by atoms with Gasteiger partial charge in [-0.05, 0) is 124 Å². The zero-order valence-corrected chi connectivity index (χ0v) is 35.1. The quantitative estimate of drug-likeness (QED) is 0.0793. The van der Waals surface area contributed by atoms with Crippen LogP contribution in [0.2, 0.25) is 0 Å². The van der Waals surface area contributed by atoms with Crippen LogP contribution >= 0.6 is 0 Å². The molecule has 12 nitrogen and oxygen atoms in total. The molecule has 6 aliphatic heterocycles. The lowest BCUT2D eigenvalue weighted by Crippen LogP contribution is -2.55. The molecule has 318 valence electrons. The number of carbonyl (C=O) groups excluding carboxylic acids is 2. The molecule has 10 rings (SSSR count). The van der Waals surface area contributed by atoms with Gasteiger partial charge in [0.1, 0.15) is 23.7 Å². The number of hydrogen-bond donors (Lipinski definition) is 2. The summed E-state index contributed by atoms with van der Waals surface area (Å²) in [7, 11) is 3.31. The maximum absolute atomic E-state index is 13.5. The van der Waals surface area contributed by atoms with Gasteiger partial charge in [0.05, 0.1) is 37.3 Å². The highest BCUT2D eigenvalue weighted by molar-refractivity contribution is 5.85. The largest absolute Gasteiger partial charge is 0.497 e. The van der Waals surface area contributed by atoms with Crippen molar-refractivity contribution in [1.82, 2.24) is 30.4 Å². The number of piperidine rings is 6. The van der Waals surface area contributed by atoms with Crippen molar-refractivity contribution in [3.8, 4) is 11.5 Å². The van der Waals surface area contributed by atoms with E-state index < -0.39 is 24.4 Å². The number of rotatable bonds is 17. The fraction of sp³-hybridized carbons (Fsp3) is 0.500. The van der Waals surface area contributed by atoms with Gasteiger partial charge >= 0.3 is 12.2 Å². The summed E-state index contributed by atoms with van der Waals surface area (Å²) in [5.74, 6) is 3.42. The van der Waals surface area contributed by atoms with Crippen molar-refractivity contribution in [1.29, 1.82) is 0 Å². The van der Waals surface area contributed by atoms with Crippen LogP contribution in [-0.4, -0.2) is 97.5 Å². The number of nitrogens with one attached hydrogen (secondary N) is 2. The molecule has 60 heavy (non-hydrogen) atoms. The first kappa shape index (κ1) is 41.5. The van der Waals surface area contributed by atoms with Crippen molar-refractivity contribution < 1.29 is 28.5 Å². The third kappa shape index (κ3) is 8.95. The summed E-state index contributed by atoms with van der Waals surface area (Å²) < 4.78 is 23.8. The number of nitrogens with zero attached hydrogens (tertiary/aromatic N) is 4. The second-order valence-electron chi connectivity index (χ2n) is 17.0. The molecule has 10 atom stereocenters. The summed E-state index contributed by atoms with van der Waals surface area (Å²) in [5, 5.41) is 7.90. The maximum Gasteiger partial charge on any atom is 0.407 e. The first-order chi connectivity index (χ1) is 29.4. The number of fused-ring (bicyclic) bond motifs is 8. The molecule has 2 amide bonds. The van der Waals surface area contributed by atoms with Crippen molar-refractivity contribution in [3.63, 3.8) is 0 Å². The van der Waals surface area contributed by atoms with Crippen molar-refractivity contribution in [2.75, 3.05) is 53.5 Å². The molecule has 12 heteroatoms. The fourth-order valence-electron chi connectivity index (χ4n) is 10.4. The third-order valence-electron chi connectivity index (χ3n) is 13.7. The Morgan fingerprint density at radius 3 is 1.53 bits per heavy atom. The molecule has 2 aromatic heterocycles. The molecule has 0 aliphatic carbocycles. The summed E-state index contributed by atoms with van der Waals surface area (Å²) in [4.78, 5) is 41.0. The molecule has 4 aromatic rings. The lowest BCUT2D eigenvalue weighted by atomic mass is 9.73. The molecule has 0 saturated carbocycles. The van der Waals surface area contributed by atoms with Crippen LogP contribution in [0.25, 0.3) is 21.8 Å². The Bertz CT molecular complexity index is 2010. The van der Waals surface area contributed by atoms with Gasteiger partial charge < -0.3 is 29.6 Å². The monoisotopic (exact) mass is 816 g/mol. The van der Waals surface area contributed by atoms with Gasteiger partial charge in [-0.2, -0.15) is 0 Å². The Labute approximate surface area is 353 Å². The minimum Gasteiger partial charge on any atom is -0.497 e. The Balaban J connectivity index is 0.836. The van der Waals surface area contributed by atoms with Crippen molar-refractivity contribution >= 4 is 34.0 Å². The van der Waals surface area contributed by atoms with Crippen LogP contribution in [-0.2, 0) is 9.47 Å². The minimum atomic E-state index is -0.462. The van der Waals surface area contributed by atoms with Gasteiger partial charge in [0.25, 0.3) is 0 Å². The molecule has 6 fully saturated rings. The van der Waals surface area contributed by atoms with E-state index in [1.165, 1.54) is 0 Å². The van der Waals surface area contributed by atoms with Crippen molar-refractivity contribution in [3.05, 3.63) is 97.4 Å². The number of benzene rings is 2. The number of methoxy groups -OCH3 is 2. The number of pyridine rings is 2. The topological polar surface area (TPSA) is 127 Å². The molecule has 2 unspecified atom stereocenters. The number of amides is 2. The normalized spacial score (nSPS) is 26.5. The highest BCUT2D eigenvalue weighted by Crippen LogP contribution is 2.45. The number of carbonyl (C=O) groups is 2. The van der Waals surface area contributed by atoms with Crippen molar-refractivity contribution in [2.45, 2.75) is 75.7 Å². The minimum absolute atomic E-state index is 0.0597. The van der Waals surface area contributed by atoms with E-state index in [1.54, 1.807) is 26.6 Å². The summed E-state index contributed by atoms with van der Waals surface area (Å²) in [6, 6.07) is 15.8. The predicted octanol–water partition coefficient (Wildman–Crippen LogP) is 8.39. The van der Waals surface area contributed by atoms with Crippen LogP contribution in [0.4, 0.5) is 9.59 Å². The van der Waals surface area contributed by atoms with Gasteiger partial charge in [-0.25, -0.2) is 9.59 Å². The molecule has 2 N–H and O–H groups in total. The second-order valence-corrected chi connectivity index (χ2v) is 17.0. The maximum atomic E-state index is 13.5. The van der Waals surface area contributed by atoms with E-state index >= 15 is 0 Å². The van der Waals surface area contributed by atoms with Gasteiger partial charge in [0, 0.05) is 60.5 Å². The number of alkyl carbamates (subject to hydrolysis) is 2. The molecule has 6 saturated heterocycles. The van der Waals surface area contributed by atoms with Gasteiger partial charge in [-0.15, -0.1) is 13.2 Å². The predicted molar refractivity (Wildman–Crippen MR) is 233 cm³/mol. The smallest absolute Gasteiger partial charge is 0.407 e. The van der Waals surface area contributed by atoms with E-state index in [1.807, 2.05) is 48.5 Å². The first-order valence-electron chi connectivity index (χ1n) is 21.8. The molecule has 8 heterocycles. The second kappa shape index (κ2) is 19.0. The van der Waals surface area contributed by atoms with E-state index in [9.17, 15) is 9.59 Å². The summed E-state index contributed by atoms with van der Waals surface area (Å²) in [6.07, 6.45) is 13.5. The highest BCUT2D eigenvalue weighted by Gasteiger charge is 2.46. The summed E-state index contributed by atoms with van der Waals surface area (Å²) in [5.41, 5.74) is 3.56. The Morgan fingerprint density at radius 1 is 0.700 bits per heavy atom. The van der Waals surface area contributed by atoms with Crippen LogP contribution in [0.15, 0.2) is 86.2 Å².